The molecule has 14 aliphatic heterocycles. The lowest BCUT2D eigenvalue weighted by molar-refractivity contribution is 0.0995. The van der Waals surface area contributed by atoms with Crippen molar-refractivity contribution in [2.75, 3.05) is 179 Å². The standard InChI is InChI=1S/C17H19FN4O.C17H18FN3O.C17H20N4O.C16H16FN3O.C16H17N3O.C15H14FN3O.C14H12FN3O/c1-21(2)3-4-22-8-13-17-14(9-22)20-12-6-10(18)5-11(16(12)17)15(23)7-19-13;1-2-3-4-21-8-13-17-14(9-21)20-12-6-10(18)5-11(16(12)17)15(22)7-19-13;1-20(2)6-7-21-9-13-17-14(10-21)19-12-5-3-4-11(16(12)17)15(22)8-18-13;1-2-3-20-7-12-16-13(8-20)19-11-5-9(17)4-10(15(11)16)14(21)6-18-12;1-2-6-19-8-12-16-13(9-19)18-11-5-3-4-10(15(11)16)14(20)7-17-12;1-2-19-6-11-15-12(7-19)18-10-4-8(16)3-9(14(10)15)13(20)5-17-11;1-18-5-10-14-11(6-18)17-9-3-7(15)2-8(13(9)14)12(19)4-16-10/h5-6,20H,3-4,7-9H2,1-2H3;5-6,20H,2-4,7-9H2,1H3;3-5,19H,6-10H2,1-2H3;4-5,19H,2-3,6-8H2,1H3;3-5,18H,2,6-9H2,1H3;3-4,18H,2,5-7H2,1H3;2-3,17H,4-6H2,1H3. The van der Waals surface area contributed by atoms with Gasteiger partial charge in [-0.2, -0.15) is 0 Å². The molecule has 21 heterocycles. The van der Waals surface area contributed by atoms with Crippen LogP contribution in [0.2, 0.25) is 0 Å². The van der Waals surface area contributed by atoms with Crippen LogP contribution in [0.5, 0.6) is 0 Å². The third-order valence-corrected chi connectivity index (χ3v) is 30.0. The average molecular weight is 1990 g/mol. The number of aromatic nitrogens is 7. The van der Waals surface area contributed by atoms with Crippen LogP contribution in [0.3, 0.4) is 0 Å². The highest BCUT2D eigenvalue weighted by Crippen LogP contribution is 2.43. The third-order valence-electron chi connectivity index (χ3n) is 30.0. The lowest BCUT2D eigenvalue weighted by Crippen LogP contribution is -2.39. The van der Waals surface area contributed by atoms with Gasteiger partial charge in [0.15, 0.2) is 40.5 Å². The van der Waals surface area contributed by atoms with Crippen molar-refractivity contribution in [1.82, 2.24) is 79.0 Å². The molecule has 35 heteroatoms. The molecular weight excluding hydrogens is 1870 g/mol. The summed E-state index contributed by atoms with van der Waals surface area (Å²) < 4.78 is 68.7. The lowest BCUT2D eigenvalue weighted by Gasteiger charge is -2.28. The van der Waals surface area contributed by atoms with Crippen LogP contribution in [0.25, 0.3) is 76.3 Å². The van der Waals surface area contributed by atoms with Gasteiger partial charge in [0.1, 0.15) is 74.9 Å². The summed E-state index contributed by atoms with van der Waals surface area (Å²) in [6.07, 6.45) is 4.49. The number of aromatic amines is 7. The molecule has 756 valence electrons. The number of H-pyrrole nitrogens is 7. The van der Waals surface area contributed by atoms with Crippen LogP contribution in [0, 0.1) is 29.1 Å². The topological polar surface area (TPSA) is 346 Å². The normalized spacial score (nSPS) is 18.1. The number of rotatable bonds is 14. The van der Waals surface area contributed by atoms with E-state index in [1.54, 1.807) is 0 Å². The Balaban J connectivity index is 0.0000000975. The predicted molar refractivity (Wildman–Crippen MR) is 564 cm³/mol. The van der Waals surface area contributed by atoms with Crippen LogP contribution in [0.15, 0.2) is 132 Å². The second-order valence-corrected chi connectivity index (χ2v) is 41.0. The fraction of sp³-hybridized carbons (Fsp3) is 0.375. The Hall–Kier alpha value is -14.0. The van der Waals surface area contributed by atoms with Crippen molar-refractivity contribution < 1.29 is 55.5 Å². The van der Waals surface area contributed by atoms with E-state index in [0.717, 1.165) is 326 Å². The zero-order chi connectivity index (χ0) is 102. The molecule has 14 aliphatic rings. The van der Waals surface area contributed by atoms with Gasteiger partial charge in [0.2, 0.25) is 0 Å². The van der Waals surface area contributed by atoms with Crippen LogP contribution in [-0.2, 0) is 45.8 Å². The number of ketones is 7. The van der Waals surface area contributed by atoms with E-state index < -0.39 is 0 Å². The maximum absolute atomic E-state index is 13.8. The highest BCUT2D eigenvalue weighted by Gasteiger charge is 2.40. The molecule has 0 bridgehead atoms. The quantitative estimate of drug-likeness (QED) is 0.0497. The molecule has 28 rings (SSSR count). The van der Waals surface area contributed by atoms with E-state index in [4.69, 9.17) is 0 Å². The number of benzene rings is 7. The molecule has 0 atom stereocenters. The number of nitrogens with one attached hydrogen (secondary N) is 7. The monoisotopic (exact) mass is 1990 g/mol. The number of halogens is 5. The van der Waals surface area contributed by atoms with Crippen molar-refractivity contribution in [3.05, 3.63) is 244 Å². The molecule has 7 aromatic heterocycles. The molecule has 30 nitrogen and oxygen atoms in total. The van der Waals surface area contributed by atoms with Gasteiger partial charge in [-0.1, -0.05) is 58.4 Å². The Labute approximate surface area is 843 Å². The summed E-state index contributed by atoms with van der Waals surface area (Å²) in [5, 5.41) is 6.39. The molecule has 0 radical (unpaired) electrons. The molecule has 0 saturated carbocycles. The number of carbonyl (C=O) groups is 7. The summed E-state index contributed by atoms with van der Waals surface area (Å²) in [6.45, 7) is 28.8. The van der Waals surface area contributed by atoms with Gasteiger partial charge < -0.3 is 44.7 Å². The third kappa shape index (κ3) is 18.5. The van der Waals surface area contributed by atoms with Crippen LogP contribution in [0.4, 0.5) is 22.0 Å². The number of hydrogen-bond acceptors (Lipinski definition) is 23. The molecule has 0 amide bonds. The maximum Gasteiger partial charge on any atom is 0.185 e. The smallest absolute Gasteiger partial charge is 0.185 e. The predicted octanol–water partition coefficient (Wildman–Crippen LogP) is 14.9. The molecule has 147 heavy (non-hydrogen) atoms. The maximum atomic E-state index is 13.8. The van der Waals surface area contributed by atoms with Crippen LogP contribution in [-0.4, -0.2) is 339 Å². The minimum atomic E-state index is -0.383. The molecule has 7 aromatic carbocycles. The molecule has 0 aliphatic carbocycles. The number of nitrogens with zero attached hydrogens (tertiary/aromatic N) is 16. The Bertz CT molecular complexity index is 8120. The van der Waals surface area contributed by atoms with Gasteiger partial charge in [0.25, 0.3) is 0 Å². The van der Waals surface area contributed by atoms with Gasteiger partial charge in [-0.3, -0.25) is 103 Å². The van der Waals surface area contributed by atoms with Gasteiger partial charge in [0.05, 0.1) is 40.0 Å². The summed E-state index contributed by atoms with van der Waals surface area (Å²) in [7, 11) is 10.3. The molecule has 0 spiro atoms. The Kier molecular flexibility index (Phi) is 26.6. The summed E-state index contributed by atoms with van der Waals surface area (Å²) in [6, 6.07) is 25.9. The number of Topliss-reactive ketones (excluding diaryl/α,β-unsaturated/α-hetero) is 7. The fourth-order valence-corrected chi connectivity index (χ4v) is 23.4. The Morgan fingerprint density at radius 1 is 0.265 bits per heavy atom. The first kappa shape index (κ1) is 97.7. The summed E-state index contributed by atoms with van der Waals surface area (Å²) in [4.78, 5) is 161. The fourth-order valence-electron chi connectivity index (χ4n) is 23.4. The van der Waals surface area contributed by atoms with E-state index in [1.165, 1.54) is 83.2 Å². The minimum absolute atomic E-state index is 0.101. The minimum Gasteiger partial charge on any atom is -0.357 e. The van der Waals surface area contributed by atoms with E-state index in [9.17, 15) is 55.5 Å². The number of carbonyl (C=O) groups excluding carboxylic acids is 7. The first-order chi connectivity index (χ1) is 71.1. The first-order valence-corrected chi connectivity index (χ1v) is 50.9. The molecule has 14 aromatic rings. The van der Waals surface area contributed by atoms with Crippen molar-refractivity contribution in [3.63, 3.8) is 0 Å². The lowest BCUT2D eigenvalue weighted by atomic mass is 9.97. The molecule has 7 N–H and O–H groups in total. The van der Waals surface area contributed by atoms with Crippen LogP contribution >= 0.6 is 0 Å². The summed E-state index contributed by atoms with van der Waals surface area (Å²) in [5.74, 6) is -2.20. The van der Waals surface area contributed by atoms with E-state index in [1.807, 2.05) is 31.3 Å². The SMILES string of the molecule is CCCCN1CC2=NCC(=O)c3cc(F)cc4[nH]c(c2c34)C1.CCCN1CC2=NCC(=O)c3cc(F)cc4[nH]c(c2c34)C1.CCCN1CC2=NCC(=O)c3cccc4[nH]c(c2c34)C1.CCN1CC2=NCC(=O)c3cc(F)cc4[nH]c(c2c34)C1.CN(C)CCN1CC2=NCC(=O)c3cc(F)cc4[nH]c(c2c34)C1.CN(C)CCN1CC2=NCC(=O)c3cccc4[nH]c(c2c34)C1.CN1CC2=NCC(=O)c3cc(F)cc4[nH]c(c2c34)C1. The summed E-state index contributed by atoms with van der Waals surface area (Å²) in [5.41, 5.74) is 31.5. The number of likely N-dealkylation sites (N-methyl/N-ethyl adjacent to an activating group) is 4. The zero-order valence-corrected chi connectivity index (χ0v) is 84.0. The second-order valence-electron chi connectivity index (χ2n) is 41.0. The number of hydrogen-bond donors (Lipinski definition) is 7. The van der Waals surface area contributed by atoms with Crippen molar-refractivity contribution in [2.24, 2.45) is 34.9 Å². The number of aliphatic imine (C=N–C) groups is 7. The van der Waals surface area contributed by atoms with Crippen molar-refractivity contribution in [3.8, 4) is 0 Å². The second kappa shape index (κ2) is 40.0. The highest BCUT2D eigenvalue weighted by atomic mass is 19.1. The van der Waals surface area contributed by atoms with Gasteiger partial charge in [-0.25, -0.2) is 22.0 Å². The molecular formula is C112H116F5N23O7. The van der Waals surface area contributed by atoms with Crippen LogP contribution < -0.4 is 0 Å². The Morgan fingerprint density at radius 3 is 0.762 bits per heavy atom. The van der Waals surface area contributed by atoms with Gasteiger partial charge in [0, 0.05) is 312 Å². The van der Waals surface area contributed by atoms with Crippen molar-refractivity contribution in [1.29, 1.82) is 0 Å². The van der Waals surface area contributed by atoms with E-state index in [2.05, 4.69) is 182 Å². The highest BCUT2D eigenvalue weighted by molar-refractivity contribution is 6.29. The average Bonchev–Trinajstić information content (AvgIpc) is 1.61. The van der Waals surface area contributed by atoms with Crippen LogP contribution in [0.1, 0.15) is 205 Å². The van der Waals surface area contributed by atoms with E-state index in [0.29, 0.717) is 55.4 Å². The van der Waals surface area contributed by atoms with E-state index >= 15 is 0 Å². The van der Waals surface area contributed by atoms with Crippen molar-refractivity contribution >= 4 is 157 Å². The summed E-state index contributed by atoms with van der Waals surface area (Å²) >= 11 is 0. The van der Waals surface area contributed by atoms with Gasteiger partial charge in [-0.05, 0) is 153 Å². The molecule has 0 unspecified atom stereocenters. The van der Waals surface area contributed by atoms with Gasteiger partial charge >= 0.3 is 0 Å². The van der Waals surface area contributed by atoms with Gasteiger partial charge in [-0.15, -0.1) is 0 Å². The largest absolute Gasteiger partial charge is 0.357 e. The zero-order valence-electron chi connectivity index (χ0n) is 84.0. The number of unbranched alkanes of at least 4 members (excludes halogenated alkanes) is 1. The first-order valence-electron chi connectivity index (χ1n) is 50.9. The Morgan fingerprint density at radius 2 is 0.497 bits per heavy atom. The van der Waals surface area contributed by atoms with E-state index in [-0.39, 0.29) is 115 Å². The molecule has 0 saturated heterocycles. The molecule has 0 fully saturated rings. The van der Waals surface area contributed by atoms with Crippen molar-refractivity contribution in [2.45, 2.75) is 99.2 Å².